The normalized spacial score (nSPS) is 11.4. The number of fused-ring (bicyclic) bond motifs is 1. The molecule has 3 rings (SSSR count). The van der Waals surface area contributed by atoms with Gasteiger partial charge in [0.05, 0.1) is 0 Å². The van der Waals surface area contributed by atoms with Gasteiger partial charge in [-0.3, -0.25) is 14.0 Å². The third-order valence-corrected chi connectivity index (χ3v) is 4.72. The summed E-state index contributed by atoms with van der Waals surface area (Å²) >= 11 is 0. The molecule has 0 bridgehead atoms. The first-order chi connectivity index (χ1) is 14.8. The Labute approximate surface area is 180 Å². The Morgan fingerprint density at radius 1 is 1.32 bits per heavy atom. The molecule has 1 aromatic carbocycles. The average molecular weight is 416 g/mol. The number of nitrogens with one attached hydrogen (secondary N) is 1. The van der Waals surface area contributed by atoms with E-state index < -0.39 is 11.5 Å². The first-order valence-electron chi connectivity index (χ1n) is 10.1. The van der Waals surface area contributed by atoms with Gasteiger partial charge in [0.1, 0.15) is 28.6 Å². The van der Waals surface area contributed by atoms with Gasteiger partial charge in [0.25, 0.3) is 11.5 Å². The fraction of sp³-hybridized carbons (Fsp3) is 0.250. The average Bonchev–Trinajstić information content (AvgIpc) is 2.73. The van der Waals surface area contributed by atoms with Crippen molar-refractivity contribution in [2.24, 2.45) is 0 Å². The van der Waals surface area contributed by atoms with E-state index in [-0.39, 0.29) is 22.9 Å². The maximum atomic E-state index is 13.2. The standard InChI is InChI=1S/C24H24N4O3/c1-5-26-22(29)17(14-25)13-19-23(27-21-8-6-7-11-28(21)24(19)30)31-20-12-16(4)9-10-18(20)15(2)3/h6-13,15H,5H2,1-4H3,(H,26,29)/b17-13+. The molecular weight excluding hydrogens is 392 g/mol. The fourth-order valence-corrected chi connectivity index (χ4v) is 3.14. The second-order valence-electron chi connectivity index (χ2n) is 7.39. The number of nitrogens with zero attached hydrogens (tertiary/aromatic N) is 3. The van der Waals surface area contributed by atoms with Crippen molar-refractivity contribution >= 4 is 17.6 Å². The van der Waals surface area contributed by atoms with Crippen LogP contribution in [0.2, 0.25) is 0 Å². The van der Waals surface area contributed by atoms with E-state index in [0.717, 1.165) is 11.1 Å². The highest BCUT2D eigenvalue weighted by molar-refractivity contribution is 6.01. The van der Waals surface area contributed by atoms with E-state index >= 15 is 0 Å². The molecule has 0 saturated heterocycles. The molecule has 2 aromatic heterocycles. The molecular formula is C24H24N4O3. The summed E-state index contributed by atoms with van der Waals surface area (Å²) in [6, 6.07) is 12.9. The van der Waals surface area contributed by atoms with Gasteiger partial charge in [-0.05, 0) is 55.2 Å². The van der Waals surface area contributed by atoms with E-state index in [1.807, 2.05) is 45.0 Å². The number of amides is 1. The van der Waals surface area contributed by atoms with Crippen LogP contribution in [0.5, 0.6) is 11.6 Å². The summed E-state index contributed by atoms with van der Waals surface area (Å²) in [6.07, 6.45) is 2.82. The summed E-state index contributed by atoms with van der Waals surface area (Å²) < 4.78 is 7.50. The Bertz CT molecular complexity index is 1270. The summed E-state index contributed by atoms with van der Waals surface area (Å²) in [5, 5.41) is 12.0. The van der Waals surface area contributed by atoms with Crippen molar-refractivity contribution in [3.05, 3.63) is 75.2 Å². The van der Waals surface area contributed by atoms with Crippen molar-refractivity contribution < 1.29 is 9.53 Å². The summed E-state index contributed by atoms with van der Waals surface area (Å²) in [6.45, 7) is 8.15. The number of rotatable bonds is 6. The predicted octanol–water partition coefficient (Wildman–Crippen LogP) is 3.96. The number of nitriles is 1. The first kappa shape index (κ1) is 21.8. The zero-order chi connectivity index (χ0) is 22.5. The van der Waals surface area contributed by atoms with Gasteiger partial charge in [-0.1, -0.05) is 32.0 Å². The molecule has 0 fully saturated rings. The molecule has 7 heteroatoms. The van der Waals surface area contributed by atoms with Crippen molar-refractivity contribution in [3.8, 4) is 17.7 Å². The van der Waals surface area contributed by atoms with E-state index in [2.05, 4.69) is 10.3 Å². The topological polar surface area (TPSA) is 96.5 Å². The Kier molecular flexibility index (Phi) is 6.51. The molecule has 0 unspecified atom stereocenters. The number of carbonyl (C=O) groups excluding carboxylic acids is 1. The number of benzene rings is 1. The van der Waals surface area contributed by atoms with Crippen molar-refractivity contribution in [3.63, 3.8) is 0 Å². The van der Waals surface area contributed by atoms with Crippen LogP contribution < -0.4 is 15.6 Å². The summed E-state index contributed by atoms with van der Waals surface area (Å²) in [5.74, 6) is 0.238. The number of hydrogen-bond acceptors (Lipinski definition) is 5. The zero-order valence-corrected chi connectivity index (χ0v) is 18.0. The van der Waals surface area contributed by atoms with Crippen molar-refractivity contribution in [1.82, 2.24) is 14.7 Å². The molecule has 1 amide bonds. The molecule has 7 nitrogen and oxygen atoms in total. The molecule has 0 spiro atoms. The van der Waals surface area contributed by atoms with Gasteiger partial charge < -0.3 is 10.1 Å². The highest BCUT2D eigenvalue weighted by Crippen LogP contribution is 2.32. The van der Waals surface area contributed by atoms with Crippen LogP contribution in [0.15, 0.2) is 53.0 Å². The number of aryl methyl sites for hydroxylation is 1. The number of pyridine rings is 1. The van der Waals surface area contributed by atoms with Crippen LogP contribution >= 0.6 is 0 Å². The van der Waals surface area contributed by atoms with E-state index in [4.69, 9.17) is 4.74 Å². The largest absolute Gasteiger partial charge is 0.438 e. The fourth-order valence-electron chi connectivity index (χ4n) is 3.14. The molecule has 0 aliphatic heterocycles. The van der Waals surface area contributed by atoms with Crippen molar-refractivity contribution in [1.29, 1.82) is 5.26 Å². The lowest BCUT2D eigenvalue weighted by atomic mass is 10.0. The number of aromatic nitrogens is 2. The molecule has 31 heavy (non-hydrogen) atoms. The lowest BCUT2D eigenvalue weighted by Gasteiger charge is -2.16. The van der Waals surface area contributed by atoms with E-state index in [1.54, 1.807) is 31.3 Å². The SMILES string of the molecule is CCNC(=O)/C(C#N)=C/c1c(Oc2cc(C)ccc2C(C)C)nc2ccccn2c1=O. The minimum absolute atomic E-state index is 0.0303. The lowest BCUT2D eigenvalue weighted by molar-refractivity contribution is -0.116. The van der Waals surface area contributed by atoms with Crippen LogP contribution in [0, 0.1) is 18.3 Å². The van der Waals surface area contributed by atoms with Gasteiger partial charge in [0, 0.05) is 12.7 Å². The van der Waals surface area contributed by atoms with Gasteiger partial charge >= 0.3 is 0 Å². The number of hydrogen-bond donors (Lipinski definition) is 1. The summed E-state index contributed by atoms with van der Waals surface area (Å²) in [4.78, 5) is 30.0. The van der Waals surface area contributed by atoms with Crippen LogP contribution in [0.4, 0.5) is 0 Å². The Hall–Kier alpha value is -3.92. The third-order valence-electron chi connectivity index (χ3n) is 4.72. The Morgan fingerprint density at radius 2 is 2.10 bits per heavy atom. The van der Waals surface area contributed by atoms with Crippen molar-refractivity contribution in [2.75, 3.05) is 6.54 Å². The second kappa shape index (κ2) is 9.26. The molecule has 1 N–H and O–H groups in total. The zero-order valence-electron chi connectivity index (χ0n) is 18.0. The van der Waals surface area contributed by atoms with Crippen LogP contribution in [0.25, 0.3) is 11.7 Å². The monoisotopic (exact) mass is 416 g/mol. The molecule has 0 radical (unpaired) electrons. The molecule has 158 valence electrons. The van der Waals surface area contributed by atoms with Gasteiger partial charge in [-0.2, -0.15) is 10.2 Å². The molecule has 0 atom stereocenters. The Morgan fingerprint density at radius 3 is 2.77 bits per heavy atom. The molecule has 0 aliphatic rings. The molecule has 0 saturated carbocycles. The maximum Gasteiger partial charge on any atom is 0.269 e. The van der Waals surface area contributed by atoms with Crippen molar-refractivity contribution in [2.45, 2.75) is 33.6 Å². The number of carbonyl (C=O) groups is 1. The lowest BCUT2D eigenvalue weighted by Crippen LogP contribution is -2.25. The number of likely N-dealkylation sites (N-methyl/N-ethyl adjacent to an activating group) is 1. The maximum absolute atomic E-state index is 13.2. The molecule has 3 aromatic rings. The van der Waals surface area contributed by atoms with Crippen LogP contribution in [-0.2, 0) is 4.79 Å². The smallest absolute Gasteiger partial charge is 0.269 e. The van der Waals surface area contributed by atoms with E-state index in [9.17, 15) is 14.9 Å². The Balaban J connectivity index is 2.25. The number of ether oxygens (including phenoxy) is 1. The van der Waals surface area contributed by atoms with Gasteiger partial charge in [-0.15, -0.1) is 0 Å². The minimum Gasteiger partial charge on any atom is -0.438 e. The predicted molar refractivity (Wildman–Crippen MR) is 119 cm³/mol. The highest BCUT2D eigenvalue weighted by Gasteiger charge is 2.18. The van der Waals surface area contributed by atoms with Gasteiger partial charge in [-0.25, -0.2) is 0 Å². The van der Waals surface area contributed by atoms with Gasteiger partial charge in [0.2, 0.25) is 5.88 Å². The highest BCUT2D eigenvalue weighted by atomic mass is 16.5. The van der Waals surface area contributed by atoms with E-state index in [1.165, 1.54) is 10.5 Å². The van der Waals surface area contributed by atoms with Crippen LogP contribution in [0.1, 0.15) is 43.4 Å². The summed E-state index contributed by atoms with van der Waals surface area (Å²) in [7, 11) is 0. The van der Waals surface area contributed by atoms with Crippen LogP contribution in [0.3, 0.4) is 0 Å². The minimum atomic E-state index is -0.563. The van der Waals surface area contributed by atoms with Crippen LogP contribution in [-0.4, -0.2) is 21.8 Å². The quantitative estimate of drug-likeness (QED) is 0.485. The second-order valence-corrected chi connectivity index (χ2v) is 7.39. The summed E-state index contributed by atoms with van der Waals surface area (Å²) in [5.41, 5.74) is 1.75. The van der Waals surface area contributed by atoms with Gasteiger partial charge in [0.15, 0.2) is 0 Å². The van der Waals surface area contributed by atoms with E-state index in [0.29, 0.717) is 17.9 Å². The first-order valence-corrected chi connectivity index (χ1v) is 10.1. The molecule has 0 aliphatic carbocycles. The third kappa shape index (κ3) is 4.64. The molecule has 2 heterocycles.